The van der Waals surface area contributed by atoms with Crippen molar-refractivity contribution in [2.75, 3.05) is 19.6 Å². The highest BCUT2D eigenvalue weighted by atomic mass is 79.9. The van der Waals surface area contributed by atoms with Gasteiger partial charge in [0.1, 0.15) is 0 Å². The summed E-state index contributed by atoms with van der Waals surface area (Å²) in [7, 11) is 0. The zero-order chi connectivity index (χ0) is 15.7. The molecular weight excluding hydrogens is 346 g/mol. The van der Waals surface area contributed by atoms with E-state index in [9.17, 15) is 9.59 Å². The maximum absolute atomic E-state index is 12.3. The van der Waals surface area contributed by atoms with Crippen molar-refractivity contribution in [3.05, 3.63) is 33.3 Å². The van der Waals surface area contributed by atoms with Gasteiger partial charge in [-0.1, -0.05) is 22.0 Å². The smallest absolute Gasteiger partial charge is 0.317 e. The van der Waals surface area contributed by atoms with Gasteiger partial charge in [0, 0.05) is 43.0 Å². The summed E-state index contributed by atoms with van der Waals surface area (Å²) in [5.74, 6) is 0.288. The van der Waals surface area contributed by atoms with E-state index >= 15 is 0 Å². The summed E-state index contributed by atoms with van der Waals surface area (Å²) in [6.07, 6.45) is 1.38. The van der Waals surface area contributed by atoms with E-state index in [4.69, 9.17) is 0 Å². The molecule has 0 radical (unpaired) electrons. The number of aryl methyl sites for hydroxylation is 1. The van der Waals surface area contributed by atoms with Gasteiger partial charge in [0.25, 0.3) is 0 Å². The first-order valence-corrected chi connectivity index (χ1v) is 8.39. The fraction of sp³-hybridized carbons (Fsp3) is 0.500. The van der Waals surface area contributed by atoms with Crippen molar-refractivity contribution in [3.63, 3.8) is 0 Å². The summed E-state index contributed by atoms with van der Waals surface area (Å²) in [6, 6.07) is 4.24. The molecular formula is C16H20BrN3O2. The molecule has 0 bridgehead atoms. The summed E-state index contributed by atoms with van der Waals surface area (Å²) in [6.45, 7) is 4.65. The van der Waals surface area contributed by atoms with Crippen molar-refractivity contribution < 1.29 is 9.59 Å². The van der Waals surface area contributed by atoms with E-state index in [1.807, 2.05) is 4.90 Å². The zero-order valence-corrected chi connectivity index (χ0v) is 14.2. The average Bonchev–Trinajstić information content (AvgIpc) is 2.89. The van der Waals surface area contributed by atoms with E-state index < -0.39 is 0 Å². The van der Waals surface area contributed by atoms with Crippen LogP contribution in [0.25, 0.3) is 0 Å². The molecule has 0 saturated carbocycles. The number of halogens is 1. The molecule has 2 N–H and O–H groups in total. The van der Waals surface area contributed by atoms with Crippen LogP contribution in [0.5, 0.6) is 0 Å². The highest BCUT2D eigenvalue weighted by Gasteiger charge is 2.25. The molecule has 1 aromatic rings. The van der Waals surface area contributed by atoms with Gasteiger partial charge in [-0.3, -0.25) is 4.79 Å². The first-order chi connectivity index (χ1) is 10.5. The number of hydrogen-bond donors (Lipinski definition) is 2. The third-order valence-electron chi connectivity index (χ3n) is 4.32. The molecule has 3 amide bonds. The molecule has 1 atom stereocenters. The van der Waals surface area contributed by atoms with Gasteiger partial charge in [0.05, 0.1) is 0 Å². The van der Waals surface area contributed by atoms with Crippen LogP contribution in [0.1, 0.15) is 23.1 Å². The van der Waals surface area contributed by atoms with Crippen LogP contribution in [0.3, 0.4) is 0 Å². The Morgan fingerprint density at radius 3 is 3.05 bits per heavy atom. The Morgan fingerprint density at radius 1 is 1.50 bits per heavy atom. The Bertz CT molecular complexity index is 618. The number of nitrogens with zero attached hydrogens (tertiary/aromatic N) is 1. The van der Waals surface area contributed by atoms with E-state index in [-0.39, 0.29) is 17.9 Å². The van der Waals surface area contributed by atoms with Gasteiger partial charge in [0.15, 0.2) is 0 Å². The fourth-order valence-corrected chi connectivity index (χ4v) is 3.94. The van der Waals surface area contributed by atoms with Crippen LogP contribution in [-0.2, 0) is 17.8 Å². The second-order valence-electron chi connectivity index (χ2n) is 6.12. The summed E-state index contributed by atoms with van der Waals surface area (Å²) < 4.78 is 1.14. The van der Waals surface area contributed by atoms with E-state index in [1.54, 1.807) is 0 Å². The average molecular weight is 366 g/mol. The molecule has 118 valence electrons. The molecule has 1 unspecified atom stereocenters. The Hall–Kier alpha value is -1.56. The van der Waals surface area contributed by atoms with Gasteiger partial charge >= 0.3 is 6.03 Å². The molecule has 1 fully saturated rings. The molecule has 3 rings (SSSR count). The minimum atomic E-state index is -0.0392. The van der Waals surface area contributed by atoms with Crippen molar-refractivity contribution in [3.8, 4) is 0 Å². The van der Waals surface area contributed by atoms with Crippen LogP contribution in [0.2, 0.25) is 0 Å². The Labute approximate surface area is 138 Å². The topological polar surface area (TPSA) is 61.4 Å². The molecule has 1 aromatic carbocycles. The van der Waals surface area contributed by atoms with Crippen LogP contribution in [0.4, 0.5) is 4.79 Å². The number of hydrogen-bond acceptors (Lipinski definition) is 2. The van der Waals surface area contributed by atoms with Crippen LogP contribution in [-0.4, -0.2) is 36.5 Å². The monoisotopic (exact) mass is 365 g/mol. The lowest BCUT2D eigenvalue weighted by Crippen LogP contribution is -2.44. The number of amides is 3. The Kier molecular flexibility index (Phi) is 4.38. The van der Waals surface area contributed by atoms with E-state index in [0.717, 1.165) is 17.4 Å². The van der Waals surface area contributed by atoms with E-state index in [1.165, 1.54) is 16.7 Å². The van der Waals surface area contributed by atoms with Gasteiger partial charge < -0.3 is 15.5 Å². The van der Waals surface area contributed by atoms with Gasteiger partial charge in [-0.25, -0.2) is 4.79 Å². The summed E-state index contributed by atoms with van der Waals surface area (Å²) in [5, 5.41) is 5.75. The molecule has 6 heteroatoms. The lowest BCUT2D eigenvalue weighted by atomic mass is 9.98. The van der Waals surface area contributed by atoms with Crippen molar-refractivity contribution in [1.82, 2.24) is 15.5 Å². The summed E-state index contributed by atoms with van der Waals surface area (Å²) in [4.78, 5) is 25.3. The number of rotatable bonds is 2. The van der Waals surface area contributed by atoms with Crippen molar-refractivity contribution in [2.24, 2.45) is 5.92 Å². The van der Waals surface area contributed by atoms with Crippen molar-refractivity contribution in [1.29, 1.82) is 0 Å². The molecule has 1 saturated heterocycles. The van der Waals surface area contributed by atoms with Gasteiger partial charge in [0.2, 0.25) is 5.91 Å². The van der Waals surface area contributed by atoms with Crippen molar-refractivity contribution >= 4 is 27.9 Å². The van der Waals surface area contributed by atoms with E-state index in [0.29, 0.717) is 26.1 Å². The second-order valence-corrected chi connectivity index (χ2v) is 6.97. The number of urea groups is 1. The minimum Gasteiger partial charge on any atom is -0.356 e. The first kappa shape index (κ1) is 15.3. The van der Waals surface area contributed by atoms with Gasteiger partial charge in [-0.2, -0.15) is 0 Å². The normalized spacial score (nSPS) is 20.5. The number of benzene rings is 1. The van der Waals surface area contributed by atoms with Gasteiger partial charge in [-0.05, 0) is 36.1 Å². The molecule has 2 heterocycles. The van der Waals surface area contributed by atoms with Crippen LogP contribution in [0.15, 0.2) is 16.6 Å². The predicted molar refractivity (Wildman–Crippen MR) is 87.5 cm³/mol. The first-order valence-electron chi connectivity index (χ1n) is 7.60. The minimum absolute atomic E-state index is 0.0392. The summed E-state index contributed by atoms with van der Waals surface area (Å²) >= 11 is 3.61. The maximum atomic E-state index is 12.3. The molecule has 2 aliphatic rings. The third-order valence-corrected chi connectivity index (χ3v) is 5.02. The second kappa shape index (κ2) is 6.28. The number of carbonyl (C=O) groups is 2. The quantitative estimate of drug-likeness (QED) is 0.841. The van der Waals surface area contributed by atoms with Crippen molar-refractivity contribution in [2.45, 2.75) is 26.3 Å². The molecule has 22 heavy (non-hydrogen) atoms. The molecule has 2 aliphatic heterocycles. The SMILES string of the molecule is Cc1cc(Br)c2c(c1)CN(C(=O)NCC1CNC(=O)C1)CC2. The highest BCUT2D eigenvalue weighted by molar-refractivity contribution is 9.10. The largest absolute Gasteiger partial charge is 0.356 e. The molecule has 0 aliphatic carbocycles. The number of nitrogens with one attached hydrogen (secondary N) is 2. The lowest BCUT2D eigenvalue weighted by molar-refractivity contribution is -0.119. The molecule has 0 spiro atoms. The maximum Gasteiger partial charge on any atom is 0.317 e. The Morgan fingerprint density at radius 2 is 2.32 bits per heavy atom. The zero-order valence-electron chi connectivity index (χ0n) is 12.6. The van der Waals surface area contributed by atoms with Crippen LogP contribution >= 0.6 is 15.9 Å². The molecule has 0 aromatic heterocycles. The Balaban J connectivity index is 1.59. The number of carbonyl (C=O) groups excluding carboxylic acids is 2. The summed E-state index contributed by atoms with van der Waals surface area (Å²) in [5.41, 5.74) is 3.72. The molecule has 5 nitrogen and oxygen atoms in total. The number of fused-ring (bicyclic) bond motifs is 1. The predicted octanol–water partition coefficient (Wildman–Crippen LogP) is 1.96. The highest BCUT2D eigenvalue weighted by Crippen LogP contribution is 2.28. The standard InChI is InChI=1S/C16H20BrN3O2/c1-10-4-12-9-20(3-2-13(12)14(17)5-10)16(22)19-8-11-6-15(21)18-7-11/h4-5,11H,2-3,6-9H2,1H3,(H,18,21)(H,19,22). The van der Waals surface area contributed by atoms with E-state index in [2.05, 4.69) is 45.6 Å². The third kappa shape index (κ3) is 3.27. The lowest BCUT2D eigenvalue weighted by Gasteiger charge is -2.30. The fourth-order valence-electron chi connectivity index (χ4n) is 3.12. The van der Waals surface area contributed by atoms with Gasteiger partial charge in [-0.15, -0.1) is 0 Å². The van der Waals surface area contributed by atoms with Crippen LogP contribution in [0, 0.1) is 12.8 Å². The van der Waals surface area contributed by atoms with Crippen LogP contribution < -0.4 is 10.6 Å².